The minimum atomic E-state index is 0.458. The third-order valence-corrected chi connectivity index (χ3v) is 4.10. The van der Waals surface area contributed by atoms with E-state index in [0.29, 0.717) is 18.3 Å². The highest BCUT2D eigenvalue weighted by molar-refractivity contribution is 7.79. The first-order valence-corrected chi connectivity index (χ1v) is 7.89. The van der Waals surface area contributed by atoms with Gasteiger partial charge in [0.05, 0.1) is 5.69 Å². The minimum absolute atomic E-state index is 0.458. The maximum atomic E-state index is 5.95. The molecule has 0 saturated carbocycles. The van der Waals surface area contributed by atoms with Crippen molar-refractivity contribution in [3.05, 3.63) is 45.4 Å². The molecule has 0 atom stereocenters. The molecule has 102 valence electrons. The van der Waals surface area contributed by atoms with Crippen LogP contribution in [0.5, 0.6) is 5.75 Å². The van der Waals surface area contributed by atoms with Crippen LogP contribution in [0.4, 0.5) is 0 Å². The van der Waals surface area contributed by atoms with Gasteiger partial charge in [0.1, 0.15) is 17.4 Å². The van der Waals surface area contributed by atoms with Gasteiger partial charge < -0.3 is 4.74 Å². The quantitative estimate of drug-likeness (QED) is 0.815. The number of aromatic nitrogens is 1. The smallest absolute Gasteiger partial charge is 0.140 e. The SMILES string of the molecule is Cc1ccc(C(C)C)c(OCc2nc(CS)cs2)c1. The van der Waals surface area contributed by atoms with Crippen molar-refractivity contribution in [1.82, 2.24) is 4.98 Å². The second-order valence-corrected chi connectivity index (χ2v) is 6.13. The van der Waals surface area contributed by atoms with Gasteiger partial charge in [-0.3, -0.25) is 0 Å². The Morgan fingerprint density at radius 1 is 1.37 bits per heavy atom. The standard InChI is InChI=1S/C15H19NOS2/c1-10(2)13-5-4-11(3)6-14(13)17-7-15-16-12(8-18)9-19-15/h4-6,9-10,18H,7-8H2,1-3H3. The number of hydrogen-bond donors (Lipinski definition) is 1. The molecule has 0 aliphatic heterocycles. The number of benzene rings is 1. The molecule has 0 bridgehead atoms. The van der Waals surface area contributed by atoms with Gasteiger partial charge in [-0.1, -0.05) is 26.0 Å². The summed E-state index contributed by atoms with van der Waals surface area (Å²) in [6, 6.07) is 6.38. The first-order valence-electron chi connectivity index (χ1n) is 6.37. The van der Waals surface area contributed by atoms with Gasteiger partial charge in [0.2, 0.25) is 0 Å². The normalized spacial score (nSPS) is 11.0. The average molecular weight is 293 g/mol. The summed E-state index contributed by atoms with van der Waals surface area (Å²) in [4.78, 5) is 4.46. The van der Waals surface area contributed by atoms with Crippen molar-refractivity contribution in [3.8, 4) is 5.75 Å². The van der Waals surface area contributed by atoms with Gasteiger partial charge in [-0.05, 0) is 30.0 Å². The monoisotopic (exact) mass is 293 g/mol. The van der Waals surface area contributed by atoms with Crippen LogP contribution in [0.25, 0.3) is 0 Å². The fourth-order valence-electron chi connectivity index (χ4n) is 1.87. The molecule has 19 heavy (non-hydrogen) atoms. The van der Waals surface area contributed by atoms with Gasteiger partial charge in [0.15, 0.2) is 0 Å². The summed E-state index contributed by atoms with van der Waals surface area (Å²) in [5.74, 6) is 2.11. The first-order chi connectivity index (χ1) is 9.10. The number of hydrogen-bond acceptors (Lipinski definition) is 4. The Labute approximate surface area is 124 Å². The van der Waals surface area contributed by atoms with Crippen LogP contribution in [0.2, 0.25) is 0 Å². The molecule has 2 aromatic rings. The molecule has 0 radical (unpaired) electrons. The van der Waals surface area contributed by atoms with Crippen LogP contribution in [-0.4, -0.2) is 4.98 Å². The Morgan fingerprint density at radius 2 is 2.16 bits per heavy atom. The number of thiol groups is 1. The minimum Gasteiger partial charge on any atom is -0.486 e. The molecule has 2 nitrogen and oxygen atoms in total. The zero-order chi connectivity index (χ0) is 13.8. The van der Waals surface area contributed by atoms with Crippen molar-refractivity contribution in [2.75, 3.05) is 0 Å². The fraction of sp³-hybridized carbons (Fsp3) is 0.400. The Morgan fingerprint density at radius 3 is 2.79 bits per heavy atom. The van der Waals surface area contributed by atoms with Crippen molar-refractivity contribution in [2.45, 2.75) is 39.0 Å². The zero-order valence-electron chi connectivity index (χ0n) is 11.5. The summed E-state index contributed by atoms with van der Waals surface area (Å²) < 4.78 is 5.95. The average Bonchev–Trinajstić information content (AvgIpc) is 2.84. The summed E-state index contributed by atoms with van der Waals surface area (Å²) in [6.07, 6.45) is 0. The van der Waals surface area contributed by atoms with E-state index in [0.717, 1.165) is 16.5 Å². The molecule has 0 amide bonds. The molecule has 2 rings (SSSR count). The van der Waals surface area contributed by atoms with E-state index in [-0.39, 0.29) is 0 Å². The summed E-state index contributed by atoms with van der Waals surface area (Å²) in [7, 11) is 0. The molecule has 1 aromatic heterocycles. The molecular weight excluding hydrogens is 274 g/mol. The Bertz CT molecular complexity index is 549. The van der Waals surface area contributed by atoms with Crippen LogP contribution < -0.4 is 4.74 Å². The zero-order valence-corrected chi connectivity index (χ0v) is 13.2. The van der Waals surface area contributed by atoms with E-state index in [4.69, 9.17) is 4.74 Å². The van der Waals surface area contributed by atoms with E-state index in [2.05, 4.69) is 56.6 Å². The molecule has 4 heteroatoms. The predicted octanol–water partition coefficient (Wildman–Crippen LogP) is 4.58. The number of ether oxygens (including phenoxy) is 1. The van der Waals surface area contributed by atoms with E-state index in [1.54, 1.807) is 11.3 Å². The summed E-state index contributed by atoms with van der Waals surface area (Å²) in [6.45, 7) is 6.97. The molecular formula is C15H19NOS2. The Balaban J connectivity index is 2.12. The molecule has 0 N–H and O–H groups in total. The highest BCUT2D eigenvalue weighted by atomic mass is 32.1. The van der Waals surface area contributed by atoms with Crippen LogP contribution in [0.15, 0.2) is 23.6 Å². The fourth-order valence-corrected chi connectivity index (χ4v) is 2.86. The van der Waals surface area contributed by atoms with E-state index in [1.165, 1.54) is 11.1 Å². The molecule has 0 fully saturated rings. The van der Waals surface area contributed by atoms with Crippen LogP contribution >= 0.6 is 24.0 Å². The lowest BCUT2D eigenvalue weighted by Crippen LogP contribution is -2.00. The van der Waals surface area contributed by atoms with Crippen molar-refractivity contribution in [3.63, 3.8) is 0 Å². The van der Waals surface area contributed by atoms with Crippen LogP contribution in [0.1, 0.15) is 41.6 Å². The van der Waals surface area contributed by atoms with E-state index in [9.17, 15) is 0 Å². The third-order valence-electron chi connectivity index (χ3n) is 2.90. The van der Waals surface area contributed by atoms with Gasteiger partial charge in [-0.2, -0.15) is 12.6 Å². The van der Waals surface area contributed by atoms with Gasteiger partial charge in [0.25, 0.3) is 0 Å². The lowest BCUT2D eigenvalue weighted by Gasteiger charge is -2.14. The van der Waals surface area contributed by atoms with Gasteiger partial charge in [0, 0.05) is 11.1 Å². The van der Waals surface area contributed by atoms with E-state index < -0.39 is 0 Å². The summed E-state index contributed by atoms with van der Waals surface area (Å²) in [5.41, 5.74) is 3.48. The van der Waals surface area contributed by atoms with Gasteiger partial charge >= 0.3 is 0 Å². The number of nitrogens with zero attached hydrogens (tertiary/aromatic N) is 1. The second kappa shape index (κ2) is 6.44. The maximum Gasteiger partial charge on any atom is 0.140 e. The van der Waals surface area contributed by atoms with Crippen molar-refractivity contribution in [2.24, 2.45) is 0 Å². The third kappa shape index (κ3) is 3.74. The summed E-state index contributed by atoms with van der Waals surface area (Å²) >= 11 is 5.85. The molecule has 0 aliphatic rings. The van der Waals surface area contributed by atoms with Crippen molar-refractivity contribution in [1.29, 1.82) is 0 Å². The molecule has 0 spiro atoms. The van der Waals surface area contributed by atoms with Gasteiger partial charge in [-0.25, -0.2) is 4.98 Å². The number of rotatable bonds is 5. The molecule has 0 saturated heterocycles. The van der Waals surface area contributed by atoms with E-state index >= 15 is 0 Å². The second-order valence-electron chi connectivity index (χ2n) is 4.88. The van der Waals surface area contributed by atoms with E-state index in [1.807, 2.05) is 5.38 Å². The van der Waals surface area contributed by atoms with Crippen molar-refractivity contribution < 1.29 is 4.74 Å². The molecule has 1 heterocycles. The van der Waals surface area contributed by atoms with Crippen LogP contribution in [0, 0.1) is 6.92 Å². The maximum absolute atomic E-state index is 5.95. The topological polar surface area (TPSA) is 22.1 Å². The highest BCUT2D eigenvalue weighted by Gasteiger charge is 2.09. The number of aryl methyl sites for hydroxylation is 1. The number of thiazole rings is 1. The lowest BCUT2D eigenvalue weighted by molar-refractivity contribution is 0.301. The van der Waals surface area contributed by atoms with Crippen molar-refractivity contribution >= 4 is 24.0 Å². The summed E-state index contributed by atoms with van der Waals surface area (Å²) in [5, 5.41) is 3.03. The predicted molar refractivity (Wildman–Crippen MR) is 84.4 cm³/mol. The molecule has 1 aromatic carbocycles. The molecule has 0 unspecified atom stereocenters. The lowest BCUT2D eigenvalue weighted by atomic mass is 10.0. The Kier molecular flexibility index (Phi) is 4.88. The Hall–Kier alpha value is -1.00. The van der Waals surface area contributed by atoms with Gasteiger partial charge in [-0.15, -0.1) is 11.3 Å². The van der Waals surface area contributed by atoms with Crippen LogP contribution in [0.3, 0.4) is 0 Å². The molecule has 0 aliphatic carbocycles. The van der Waals surface area contributed by atoms with Crippen LogP contribution in [-0.2, 0) is 12.4 Å². The first kappa shape index (κ1) is 14.4. The highest BCUT2D eigenvalue weighted by Crippen LogP contribution is 2.28. The largest absolute Gasteiger partial charge is 0.486 e.